The summed E-state index contributed by atoms with van der Waals surface area (Å²) in [7, 11) is 0. The molecule has 6 nitrogen and oxygen atoms in total. The molecule has 186 valence electrons. The van der Waals surface area contributed by atoms with Gasteiger partial charge in [0, 0.05) is 38.1 Å². The third kappa shape index (κ3) is 13.6. The maximum Gasteiger partial charge on any atom is 0.211 e. The second-order valence-electron chi connectivity index (χ2n) is 12.4. The minimum absolute atomic E-state index is 0.0762. The molecule has 0 bridgehead atoms. The normalized spacial score (nSPS) is 12.0. The van der Waals surface area contributed by atoms with Gasteiger partial charge in [0.05, 0.1) is 18.1 Å². The highest BCUT2D eigenvalue weighted by molar-refractivity contribution is 4.99. The smallest absolute Gasteiger partial charge is 0.211 e. The molecule has 0 unspecified atom stereocenters. The molecule has 0 fully saturated rings. The number of halogens is 1. The van der Waals surface area contributed by atoms with Crippen molar-refractivity contribution < 1.29 is 4.39 Å². The number of aryl methyl sites for hydroxylation is 2. The van der Waals surface area contributed by atoms with Gasteiger partial charge in [0.2, 0.25) is 5.95 Å². The van der Waals surface area contributed by atoms with Crippen molar-refractivity contribution in [1.82, 2.24) is 29.3 Å². The van der Waals surface area contributed by atoms with Gasteiger partial charge in [-0.1, -0.05) is 62.3 Å². The molecule has 3 aromatic heterocycles. The van der Waals surface area contributed by atoms with E-state index in [4.69, 9.17) is 0 Å². The van der Waals surface area contributed by atoms with E-state index in [0.29, 0.717) is 17.4 Å². The van der Waals surface area contributed by atoms with Crippen LogP contribution in [0.3, 0.4) is 0 Å². The van der Waals surface area contributed by atoms with Gasteiger partial charge in [-0.05, 0) is 41.7 Å². The summed E-state index contributed by atoms with van der Waals surface area (Å²) >= 11 is 0. The van der Waals surface area contributed by atoms with Gasteiger partial charge in [-0.2, -0.15) is 19.7 Å². The second-order valence-corrected chi connectivity index (χ2v) is 12.4. The van der Waals surface area contributed by atoms with Crippen LogP contribution in [-0.2, 0) is 19.6 Å². The molecule has 0 aliphatic rings. The van der Waals surface area contributed by atoms with Crippen molar-refractivity contribution >= 4 is 0 Å². The van der Waals surface area contributed by atoms with Gasteiger partial charge in [-0.25, -0.2) is 4.68 Å². The van der Waals surface area contributed by atoms with E-state index >= 15 is 0 Å². The Labute approximate surface area is 200 Å². The molecule has 0 atom stereocenters. The first-order valence-electron chi connectivity index (χ1n) is 11.6. The first-order valence-corrected chi connectivity index (χ1v) is 11.6. The van der Waals surface area contributed by atoms with Gasteiger partial charge in [0.15, 0.2) is 0 Å². The number of nitrogens with zero attached hydrogens (tertiary/aromatic N) is 6. The first kappa shape index (κ1) is 28.6. The Balaban J connectivity index is 0.000000247. The number of hydrogen-bond acceptors (Lipinski definition) is 3. The topological polar surface area (TPSA) is 53.5 Å². The van der Waals surface area contributed by atoms with E-state index in [1.54, 1.807) is 0 Å². The van der Waals surface area contributed by atoms with E-state index in [1.807, 2.05) is 55.5 Å². The molecule has 0 radical (unpaired) electrons. The van der Waals surface area contributed by atoms with E-state index in [1.165, 1.54) is 22.5 Å². The van der Waals surface area contributed by atoms with Gasteiger partial charge >= 0.3 is 0 Å². The Morgan fingerprint density at radius 2 is 1.30 bits per heavy atom. The summed E-state index contributed by atoms with van der Waals surface area (Å²) in [5.74, 6) is -0.264. The Morgan fingerprint density at radius 1 is 0.758 bits per heavy atom. The van der Waals surface area contributed by atoms with Crippen LogP contribution < -0.4 is 0 Å². The largest absolute Gasteiger partial charge is 0.272 e. The van der Waals surface area contributed by atoms with Crippen molar-refractivity contribution in [3.8, 4) is 0 Å². The van der Waals surface area contributed by atoms with E-state index in [0.717, 1.165) is 18.8 Å². The monoisotopic (exact) mass is 460 g/mol. The molecular weight excluding hydrogens is 415 g/mol. The van der Waals surface area contributed by atoms with Crippen LogP contribution in [0.4, 0.5) is 4.39 Å². The lowest BCUT2D eigenvalue weighted by molar-refractivity contribution is 0.296. The summed E-state index contributed by atoms with van der Waals surface area (Å²) in [5, 5.41) is 12.4. The number of aromatic nitrogens is 6. The summed E-state index contributed by atoms with van der Waals surface area (Å²) in [5.41, 5.74) is 3.03. The van der Waals surface area contributed by atoms with Gasteiger partial charge in [0.25, 0.3) is 0 Å². The maximum atomic E-state index is 12.8. The fourth-order valence-electron chi connectivity index (χ4n) is 2.96. The number of hydrogen-bond donors (Lipinski definition) is 0. The van der Waals surface area contributed by atoms with Crippen LogP contribution in [0.15, 0.2) is 36.9 Å². The lowest BCUT2D eigenvalue weighted by atomic mass is 9.97. The highest BCUT2D eigenvalue weighted by Crippen LogP contribution is 2.17. The molecule has 0 aliphatic heterocycles. The third-order valence-electron chi connectivity index (χ3n) is 4.10. The van der Waals surface area contributed by atoms with Crippen LogP contribution in [0.2, 0.25) is 0 Å². The standard InChI is InChI=1S/2C9H16N2.C8H13FN2/c1-8-5-10-11(6-8)7-9(2,3)4;1-8-5-6-11(10-8)7-9(2,3)4;1-8(2,3)6-11-7(9)4-5-10-11/h2*5-6H,7H2,1-4H3;4-5H,6H2,1-3H3. The minimum Gasteiger partial charge on any atom is -0.272 e. The van der Waals surface area contributed by atoms with Crippen molar-refractivity contribution in [2.24, 2.45) is 16.2 Å². The molecule has 0 N–H and O–H groups in total. The van der Waals surface area contributed by atoms with Gasteiger partial charge < -0.3 is 0 Å². The van der Waals surface area contributed by atoms with Crippen LogP contribution in [0.1, 0.15) is 73.6 Å². The predicted octanol–water partition coefficient (Wildman–Crippen LogP) is 6.54. The average molecular weight is 461 g/mol. The van der Waals surface area contributed by atoms with Crippen LogP contribution in [-0.4, -0.2) is 29.3 Å². The van der Waals surface area contributed by atoms with Crippen molar-refractivity contribution in [3.63, 3.8) is 0 Å². The quantitative estimate of drug-likeness (QED) is 0.446. The first-order chi connectivity index (χ1) is 14.9. The zero-order valence-corrected chi connectivity index (χ0v) is 22.6. The van der Waals surface area contributed by atoms with Crippen molar-refractivity contribution in [2.45, 2.75) is 95.8 Å². The predicted molar refractivity (Wildman–Crippen MR) is 134 cm³/mol. The molecule has 3 heterocycles. The summed E-state index contributed by atoms with van der Waals surface area (Å²) in [4.78, 5) is 0. The fraction of sp³-hybridized carbons (Fsp3) is 0.654. The van der Waals surface area contributed by atoms with E-state index in [2.05, 4.69) is 70.0 Å². The molecule has 3 aromatic rings. The number of rotatable bonds is 3. The van der Waals surface area contributed by atoms with Gasteiger partial charge in [0.1, 0.15) is 0 Å². The lowest BCUT2D eigenvalue weighted by Gasteiger charge is -2.17. The molecule has 0 aromatic carbocycles. The zero-order valence-electron chi connectivity index (χ0n) is 22.6. The minimum atomic E-state index is -0.264. The van der Waals surface area contributed by atoms with Crippen LogP contribution in [0.25, 0.3) is 0 Å². The molecule has 0 saturated heterocycles. The van der Waals surface area contributed by atoms with E-state index < -0.39 is 0 Å². The summed E-state index contributed by atoms with van der Waals surface area (Å²) < 4.78 is 18.1. The molecule has 3 rings (SSSR count). The van der Waals surface area contributed by atoms with Crippen LogP contribution in [0.5, 0.6) is 0 Å². The molecular formula is C26H45FN6. The highest BCUT2D eigenvalue weighted by atomic mass is 19.1. The zero-order chi connectivity index (χ0) is 25.4. The Hall–Kier alpha value is -2.44. The maximum absolute atomic E-state index is 12.8. The summed E-state index contributed by atoms with van der Waals surface area (Å²) in [6, 6.07) is 3.40. The lowest BCUT2D eigenvalue weighted by Crippen LogP contribution is -2.17. The third-order valence-corrected chi connectivity index (χ3v) is 4.10. The Morgan fingerprint density at radius 3 is 1.67 bits per heavy atom. The molecule has 0 saturated carbocycles. The van der Waals surface area contributed by atoms with Crippen molar-refractivity contribution in [1.29, 1.82) is 0 Å². The van der Waals surface area contributed by atoms with Crippen molar-refractivity contribution in [2.75, 3.05) is 0 Å². The SMILES string of the molecule is CC(C)(C)Cn1nccc1F.Cc1ccn(CC(C)(C)C)n1.Cc1cnn(CC(C)(C)C)c1. The average Bonchev–Trinajstić information content (AvgIpc) is 3.29. The molecule has 33 heavy (non-hydrogen) atoms. The summed E-state index contributed by atoms with van der Waals surface area (Å²) in [6.07, 6.45) is 7.47. The molecule has 0 spiro atoms. The van der Waals surface area contributed by atoms with Crippen molar-refractivity contribution in [3.05, 3.63) is 54.1 Å². The summed E-state index contributed by atoms with van der Waals surface area (Å²) in [6.45, 7) is 26.1. The molecule has 7 heteroatoms. The Kier molecular flexibility index (Phi) is 10.1. The van der Waals surface area contributed by atoms with Crippen LogP contribution >= 0.6 is 0 Å². The van der Waals surface area contributed by atoms with E-state index in [9.17, 15) is 4.39 Å². The highest BCUT2D eigenvalue weighted by Gasteiger charge is 2.13. The Bertz CT molecular complexity index is 892. The second kappa shape index (κ2) is 11.6. The molecule has 0 amide bonds. The van der Waals surface area contributed by atoms with Gasteiger partial charge in [-0.15, -0.1) is 0 Å². The fourth-order valence-corrected chi connectivity index (χ4v) is 2.96. The van der Waals surface area contributed by atoms with Gasteiger partial charge in [-0.3, -0.25) is 9.36 Å². The van der Waals surface area contributed by atoms with E-state index in [-0.39, 0.29) is 11.4 Å². The van der Waals surface area contributed by atoms with Crippen LogP contribution in [0, 0.1) is 36.0 Å². The molecule has 0 aliphatic carbocycles.